The molecule has 0 atom stereocenters. The normalized spacial score (nSPS) is 12.2. The second kappa shape index (κ2) is 6.25. The maximum Gasteiger partial charge on any atom is 0.420 e. The SMILES string of the molecule is O=C(O)c1nc2c(C(F)(F)F)cc(C=Cc3ccccc3)cn2c1Cl. The van der Waals surface area contributed by atoms with E-state index in [1.165, 1.54) is 12.3 Å². The van der Waals surface area contributed by atoms with Gasteiger partial charge in [0.15, 0.2) is 11.3 Å². The van der Waals surface area contributed by atoms with Crippen molar-refractivity contribution in [3.8, 4) is 0 Å². The van der Waals surface area contributed by atoms with E-state index in [1.54, 1.807) is 30.3 Å². The first-order chi connectivity index (χ1) is 11.8. The van der Waals surface area contributed by atoms with Gasteiger partial charge in [-0.2, -0.15) is 13.2 Å². The van der Waals surface area contributed by atoms with Crippen molar-refractivity contribution in [2.75, 3.05) is 0 Å². The molecule has 0 unspecified atom stereocenters. The standard InChI is InChI=1S/C17H10ClF3N2O2/c18-14-13(16(24)25)22-15-12(17(19,20)21)8-11(9-23(14)15)7-6-10-4-2-1-3-5-10/h1-9H,(H,24,25). The summed E-state index contributed by atoms with van der Waals surface area (Å²) in [7, 11) is 0. The van der Waals surface area contributed by atoms with Crippen molar-refractivity contribution in [2.24, 2.45) is 0 Å². The number of pyridine rings is 1. The summed E-state index contributed by atoms with van der Waals surface area (Å²) >= 11 is 5.89. The number of nitrogens with zero attached hydrogens (tertiary/aromatic N) is 2. The van der Waals surface area contributed by atoms with Crippen molar-refractivity contribution >= 4 is 35.4 Å². The van der Waals surface area contributed by atoms with Crippen LogP contribution in [0.3, 0.4) is 0 Å². The van der Waals surface area contributed by atoms with Crippen LogP contribution in [0.15, 0.2) is 42.6 Å². The van der Waals surface area contributed by atoms with Crippen LogP contribution in [0, 0.1) is 0 Å². The molecule has 0 fully saturated rings. The van der Waals surface area contributed by atoms with Crippen molar-refractivity contribution in [2.45, 2.75) is 6.18 Å². The molecule has 0 aliphatic rings. The minimum atomic E-state index is -4.71. The minimum absolute atomic E-state index is 0.208. The first-order valence-electron chi connectivity index (χ1n) is 7.02. The first-order valence-corrected chi connectivity index (χ1v) is 7.40. The van der Waals surface area contributed by atoms with Crippen LogP contribution >= 0.6 is 11.6 Å². The fourth-order valence-corrected chi connectivity index (χ4v) is 2.58. The lowest BCUT2D eigenvalue weighted by Gasteiger charge is -2.09. The second-order valence-electron chi connectivity index (χ2n) is 5.18. The predicted octanol–water partition coefficient (Wildman–Crippen LogP) is 4.88. The molecule has 4 nitrogen and oxygen atoms in total. The summed E-state index contributed by atoms with van der Waals surface area (Å²) in [5, 5.41) is 8.64. The minimum Gasteiger partial charge on any atom is -0.476 e. The summed E-state index contributed by atoms with van der Waals surface area (Å²) < 4.78 is 40.9. The number of hydrogen-bond donors (Lipinski definition) is 1. The average molecular weight is 367 g/mol. The van der Waals surface area contributed by atoms with Crippen molar-refractivity contribution in [3.05, 3.63) is 70.1 Å². The topological polar surface area (TPSA) is 54.6 Å². The molecule has 0 bridgehead atoms. The van der Waals surface area contributed by atoms with Crippen LogP contribution in [-0.4, -0.2) is 20.5 Å². The Labute approximate surface area is 144 Å². The largest absolute Gasteiger partial charge is 0.476 e. The summed E-state index contributed by atoms with van der Waals surface area (Å²) in [6.45, 7) is 0. The smallest absolute Gasteiger partial charge is 0.420 e. The van der Waals surface area contributed by atoms with E-state index in [4.69, 9.17) is 16.7 Å². The molecule has 25 heavy (non-hydrogen) atoms. The van der Waals surface area contributed by atoms with Gasteiger partial charge in [-0.25, -0.2) is 9.78 Å². The fourth-order valence-electron chi connectivity index (χ4n) is 2.33. The van der Waals surface area contributed by atoms with E-state index >= 15 is 0 Å². The molecule has 0 saturated carbocycles. The van der Waals surface area contributed by atoms with Gasteiger partial charge in [0, 0.05) is 6.20 Å². The Morgan fingerprint density at radius 1 is 1.16 bits per heavy atom. The number of halogens is 4. The third-order valence-corrected chi connectivity index (χ3v) is 3.82. The van der Waals surface area contributed by atoms with Gasteiger partial charge in [-0.3, -0.25) is 4.40 Å². The number of fused-ring (bicyclic) bond motifs is 1. The number of aromatic carboxylic acids is 1. The van der Waals surface area contributed by atoms with Crippen LogP contribution < -0.4 is 0 Å². The summed E-state index contributed by atoms with van der Waals surface area (Å²) in [5.74, 6) is -1.50. The van der Waals surface area contributed by atoms with E-state index in [0.717, 1.165) is 16.0 Å². The molecule has 1 aromatic carbocycles. The van der Waals surface area contributed by atoms with Crippen LogP contribution in [0.2, 0.25) is 5.15 Å². The van der Waals surface area contributed by atoms with Crippen LogP contribution in [0.4, 0.5) is 13.2 Å². The highest BCUT2D eigenvalue weighted by atomic mass is 35.5. The molecule has 2 aromatic heterocycles. The van der Waals surface area contributed by atoms with E-state index in [-0.39, 0.29) is 10.7 Å². The zero-order chi connectivity index (χ0) is 18.2. The van der Waals surface area contributed by atoms with Gasteiger partial charge in [0.1, 0.15) is 5.15 Å². The van der Waals surface area contributed by atoms with Crippen molar-refractivity contribution in [1.29, 1.82) is 0 Å². The molecular weight excluding hydrogens is 357 g/mol. The maximum atomic E-state index is 13.3. The molecule has 8 heteroatoms. The zero-order valence-corrected chi connectivity index (χ0v) is 13.2. The molecule has 0 spiro atoms. The summed E-state index contributed by atoms with van der Waals surface area (Å²) in [4.78, 5) is 14.6. The lowest BCUT2D eigenvalue weighted by molar-refractivity contribution is -0.136. The van der Waals surface area contributed by atoms with Gasteiger partial charge in [-0.15, -0.1) is 0 Å². The quantitative estimate of drug-likeness (QED) is 0.719. The van der Waals surface area contributed by atoms with E-state index in [9.17, 15) is 18.0 Å². The Morgan fingerprint density at radius 3 is 2.40 bits per heavy atom. The zero-order valence-electron chi connectivity index (χ0n) is 12.5. The predicted molar refractivity (Wildman–Crippen MR) is 87.5 cm³/mol. The van der Waals surface area contributed by atoms with Crippen LogP contribution in [-0.2, 0) is 6.18 Å². The molecule has 0 aliphatic carbocycles. The van der Waals surface area contributed by atoms with Gasteiger partial charge >= 0.3 is 12.1 Å². The lowest BCUT2D eigenvalue weighted by atomic mass is 10.1. The molecule has 2 heterocycles. The van der Waals surface area contributed by atoms with Crippen molar-refractivity contribution in [3.63, 3.8) is 0 Å². The number of alkyl halides is 3. The van der Waals surface area contributed by atoms with Gasteiger partial charge in [-0.05, 0) is 17.2 Å². The Morgan fingerprint density at radius 2 is 1.80 bits per heavy atom. The summed E-state index contributed by atoms with van der Waals surface area (Å²) in [5.41, 5.74) is -1.22. The van der Waals surface area contributed by atoms with E-state index in [1.807, 2.05) is 6.07 Å². The Hall–Kier alpha value is -2.80. The lowest BCUT2D eigenvalue weighted by Crippen LogP contribution is -2.08. The summed E-state index contributed by atoms with van der Waals surface area (Å²) in [6.07, 6.45) is -0.265. The van der Waals surface area contributed by atoms with Crippen LogP contribution in [0.5, 0.6) is 0 Å². The van der Waals surface area contributed by atoms with Gasteiger partial charge < -0.3 is 5.11 Å². The number of aromatic nitrogens is 2. The number of imidazole rings is 1. The molecular formula is C17H10ClF3N2O2. The van der Waals surface area contributed by atoms with Crippen LogP contribution in [0.1, 0.15) is 27.2 Å². The number of carbonyl (C=O) groups is 1. The number of rotatable bonds is 3. The number of carboxylic acids is 1. The highest BCUT2D eigenvalue weighted by Gasteiger charge is 2.35. The monoisotopic (exact) mass is 366 g/mol. The molecule has 0 aliphatic heterocycles. The van der Waals surface area contributed by atoms with Crippen molar-refractivity contribution in [1.82, 2.24) is 9.38 Å². The average Bonchev–Trinajstić information content (AvgIpc) is 2.89. The Bertz CT molecular complexity index is 979. The number of hydrogen-bond acceptors (Lipinski definition) is 2. The molecule has 3 aromatic rings. The maximum absolute atomic E-state index is 13.3. The third kappa shape index (κ3) is 3.36. The molecule has 0 saturated heterocycles. The Kier molecular flexibility index (Phi) is 4.26. The number of benzene rings is 1. The Balaban J connectivity index is 2.19. The fraction of sp³-hybridized carbons (Fsp3) is 0.0588. The van der Waals surface area contributed by atoms with Gasteiger partial charge in [0.2, 0.25) is 0 Å². The molecule has 128 valence electrons. The summed E-state index contributed by atoms with van der Waals surface area (Å²) in [6, 6.07) is 9.93. The number of carboxylic acid groups (broad SMARTS) is 1. The molecule has 1 N–H and O–H groups in total. The second-order valence-corrected chi connectivity index (χ2v) is 5.54. The molecule has 3 rings (SSSR count). The molecule has 0 amide bonds. The van der Waals surface area contributed by atoms with Crippen molar-refractivity contribution < 1.29 is 23.1 Å². The van der Waals surface area contributed by atoms with Gasteiger partial charge in [-0.1, -0.05) is 54.1 Å². The first kappa shape index (κ1) is 17.0. The van der Waals surface area contributed by atoms with E-state index in [2.05, 4.69) is 4.98 Å². The highest BCUT2D eigenvalue weighted by molar-refractivity contribution is 6.32. The van der Waals surface area contributed by atoms with E-state index in [0.29, 0.717) is 0 Å². The van der Waals surface area contributed by atoms with Crippen LogP contribution in [0.25, 0.3) is 17.8 Å². The third-order valence-electron chi connectivity index (χ3n) is 3.46. The van der Waals surface area contributed by atoms with Gasteiger partial charge in [0.25, 0.3) is 0 Å². The highest BCUT2D eigenvalue weighted by Crippen LogP contribution is 2.35. The van der Waals surface area contributed by atoms with E-state index < -0.39 is 29.1 Å². The van der Waals surface area contributed by atoms with Gasteiger partial charge in [0.05, 0.1) is 5.56 Å². The molecule has 0 radical (unpaired) electrons.